The van der Waals surface area contributed by atoms with Crippen LogP contribution in [0.3, 0.4) is 0 Å². The van der Waals surface area contributed by atoms with E-state index in [2.05, 4.69) is 4.99 Å². The van der Waals surface area contributed by atoms with E-state index in [1.54, 1.807) is 0 Å². The highest BCUT2D eigenvalue weighted by molar-refractivity contribution is 6.27. The third-order valence-electron chi connectivity index (χ3n) is 4.93. The molecule has 0 aromatic heterocycles. The molecule has 3 nitrogen and oxygen atoms in total. The van der Waals surface area contributed by atoms with Crippen LogP contribution in [0.5, 0.6) is 0 Å². The van der Waals surface area contributed by atoms with Crippen molar-refractivity contribution in [1.29, 1.82) is 0 Å². The van der Waals surface area contributed by atoms with Crippen molar-refractivity contribution in [1.82, 2.24) is 0 Å². The summed E-state index contributed by atoms with van der Waals surface area (Å²) in [6.07, 6.45) is 8.23. The molecule has 0 atom stereocenters. The summed E-state index contributed by atoms with van der Waals surface area (Å²) >= 11 is 5.59. The van der Waals surface area contributed by atoms with E-state index < -0.39 is 0 Å². The van der Waals surface area contributed by atoms with Crippen molar-refractivity contribution in [3.63, 3.8) is 0 Å². The number of rotatable bonds is 5. The van der Waals surface area contributed by atoms with Crippen LogP contribution in [-0.4, -0.2) is 30.5 Å². The minimum atomic E-state index is 0. The molecule has 2 N–H and O–H groups in total. The smallest absolute Gasteiger partial charge is 0.109 e. The second-order valence-corrected chi connectivity index (χ2v) is 6.72. The number of nitrogens with two attached hydrogens (primary N) is 1. The van der Waals surface area contributed by atoms with Crippen LogP contribution in [0.4, 0.5) is 0 Å². The summed E-state index contributed by atoms with van der Waals surface area (Å²) in [6.45, 7) is 1.35. The summed E-state index contributed by atoms with van der Waals surface area (Å²) in [5.41, 5.74) is 5.78. The summed E-state index contributed by atoms with van der Waals surface area (Å²) in [6, 6.07) is 0. The Hall–Kier alpha value is 0.01000. The van der Waals surface area contributed by atoms with Gasteiger partial charge >= 0.3 is 0 Å². The molecule has 5 heteroatoms. The second kappa shape index (κ2) is 6.19. The van der Waals surface area contributed by atoms with E-state index in [4.69, 9.17) is 22.1 Å². The second-order valence-electron chi connectivity index (χ2n) is 6.46. The number of hydrogen-bond donors (Lipinski definition) is 1. The monoisotopic (exact) mass is 306 g/mol. The van der Waals surface area contributed by atoms with Crippen molar-refractivity contribution in [3.8, 4) is 0 Å². The maximum Gasteiger partial charge on any atom is 0.109 e. The molecule has 0 unspecified atom stereocenters. The Morgan fingerprint density at radius 1 is 1.16 bits per heavy atom. The number of nitrogens with zero attached hydrogens (tertiary/aromatic N) is 1. The third kappa shape index (κ3) is 3.37. The maximum atomic E-state index is 6.23. The minimum absolute atomic E-state index is 0. The zero-order valence-corrected chi connectivity index (χ0v) is 12.9. The van der Waals surface area contributed by atoms with Gasteiger partial charge in [-0.05, 0) is 56.3 Å². The Bertz CT molecular complexity index is 311. The largest absolute Gasteiger partial charge is 0.386 e. The molecule has 0 radical (unpaired) electrons. The van der Waals surface area contributed by atoms with Crippen molar-refractivity contribution in [2.24, 2.45) is 28.5 Å². The molecule has 110 valence electrons. The zero-order valence-electron chi connectivity index (χ0n) is 11.3. The molecular weight excluding hydrogens is 283 g/mol. The maximum absolute atomic E-state index is 6.23. The highest BCUT2D eigenvalue weighted by Crippen LogP contribution is 2.57. The van der Waals surface area contributed by atoms with Crippen LogP contribution in [0.15, 0.2) is 4.99 Å². The molecule has 4 aliphatic rings. The first-order valence-electron chi connectivity index (χ1n) is 7.18. The predicted octanol–water partition coefficient (Wildman–Crippen LogP) is 2.99. The lowest BCUT2D eigenvalue weighted by Gasteiger charge is -2.56. The quantitative estimate of drug-likeness (QED) is 0.367. The van der Waals surface area contributed by atoms with E-state index in [-0.39, 0.29) is 18.0 Å². The van der Waals surface area contributed by atoms with Crippen LogP contribution in [0.1, 0.15) is 38.5 Å². The van der Waals surface area contributed by atoms with Gasteiger partial charge in [0.1, 0.15) is 5.84 Å². The SMILES string of the molecule is Cl.NC(CCl)=NCCOC12CC3CC(CC(C3)C1)C2. The molecule has 19 heavy (non-hydrogen) atoms. The van der Waals surface area contributed by atoms with Crippen molar-refractivity contribution >= 4 is 29.8 Å². The third-order valence-corrected chi connectivity index (χ3v) is 5.21. The van der Waals surface area contributed by atoms with Gasteiger partial charge in [-0.25, -0.2) is 0 Å². The molecule has 4 bridgehead atoms. The molecule has 4 aliphatic carbocycles. The molecule has 4 saturated carbocycles. The van der Waals surface area contributed by atoms with E-state index >= 15 is 0 Å². The first kappa shape index (κ1) is 15.4. The van der Waals surface area contributed by atoms with Crippen LogP contribution in [0.2, 0.25) is 0 Å². The lowest BCUT2D eigenvalue weighted by atomic mass is 9.54. The fourth-order valence-corrected chi connectivity index (χ4v) is 4.79. The fraction of sp³-hybridized carbons (Fsp3) is 0.929. The average Bonchev–Trinajstić information content (AvgIpc) is 2.32. The molecule has 4 fully saturated rings. The van der Waals surface area contributed by atoms with E-state index in [1.165, 1.54) is 38.5 Å². The Kier molecular flexibility index (Phi) is 5.02. The summed E-state index contributed by atoms with van der Waals surface area (Å²) in [7, 11) is 0. The minimum Gasteiger partial charge on any atom is -0.386 e. The number of ether oxygens (including phenoxy) is 1. The van der Waals surface area contributed by atoms with Crippen LogP contribution in [0, 0.1) is 17.8 Å². The van der Waals surface area contributed by atoms with Gasteiger partial charge in [0.05, 0.1) is 24.6 Å². The van der Waals surface area contributed by atoms with E-state index in [0.29, 0.717) is 24.9 Å². The van der Waals surface area contributed by atoms with Gasteiger partial charge in [0.15, 0.2) is 0 Å². The van der Waals surface area contributed by atoms with Gasteiger partial charge in [0.2, 0.25) is 0 Å². The van der Waals surface area contributed by atoms with Gasteiger partial charge in [-0.15, -0.1) is 24.0 Å². The normalized spacial score (nSPS) is 40.3. The predicted molar refractivity (Wildman–Crippen MR) is 81.3 cm³/mol. The van der Waals surface area contributed by atoms with E-state index in [1.807, 2.05) is 0 Å². The van der Waals surface area contributed by atoms with Crippen molar-refractivity contribution < 1.29 is 4.74 Å². The van der Waals surface area contributed by atoms with Gasteiger partial charge in [-0.3, -0.25) is 4.99 Å². The van der Waals surface area contributed by atoms with Crippen LogP contribution in [-0.2, 0) is 4.74 Å². The van der Waals surface area contributed by atoms with Crippen molar-refractivity contribution in [2.45, 2.75) is 44.1 Å². The number of hydrogen-bond acceptors (Lipinski definition) is 2. The molecule has 0 aromatic rings. The molecule has 4 rings (SSSR count). The Morgan fingerprint density at radius 2 is 1.68 bits per heavy atom. The Balaban J connectivity index is 0.00000133. The molecule has 0 saturated heterocycles. The first-order valence-corrected chi connectivity index (χ1v) is 7.71. The molecular formula is C14H24Cl2N2O. The lowest BCUT2D eigenvalue weighted by molar-refractivity contribution is -0.160. The van der Waals surface area contributed by atoms with Crippen LogP contribution < -0.4 is 5.73 Å². The zero-order chi connectivity index (χ0) is 12.6. The average molecular weight is 307 g/mol. The van der Waals surface area contributed by atoms with Gasteiger partial charge in [-0.2, -0.15) is 0 Å². The molecule has 0 heterocycles. The standard InChI is InChI=1S/C14H23ClN2O.ClH/c15-9-13(16)17-1-2-18-14-6-10-3-11(7-14)5-12(4-10)8-14;/h10-12H,1-9H2,(H2,16,17);1H. The van der Waals surface area contributed by atoms with E-state index in [9.17, 15) is 0 Å². The van der Waals surface area contributed by atoms with Crippen molar-refractivity contribution in [2.75, 3.05) is 19.0 Å². The molecule has 0 aliphatic heterocycles. The van der Waals surface area contributed by atoms with Gasteiger partial charge in [0.25, 0.3) is 0 Å². The Labute approximate surface area is 126 Å². The molecule has 0 spiro atoms. The summed E-state index contributed by atoms with van der Waals surface area (Å²) in [4.78, 5) is 4.20. The fourth-order valence-electron chi connectivity index (χ4n) is 4.70. The number of alkyl halides is 1. The van der Waals surface area contributed by atoms with Gasteiger partial charge in [-0.1, -0.05) is 0 Å². The number of halogens is 2. The lowest BCUT2D eigenvalue weighted by Crippen LogP contribution is -2.52. The van der Waals surface area contributed by atoms with Crippen molar-refractivity contribution in [3.05, 3.63) is 0 Å². The number of amidine groups is 1. The topological polar surface area (TPSA) is 47.6 Å². The van der Waals surface area contributed by atoms with Gasteiger partial charge < -0.3 is 10.5 Å². The van der Waals surface area contributed by atoms with Crippen LogP contribution in [0.25, 0.3) is 0 Å². The summed E-state index contributed by atoms with van der Waals surface area (Å²) < 4.78 is 6.23. The Morgan fingerprint density at radius 3 is 2.16 bits per heavy atom. The highest BCUT2D eigenvalue weighted by Gasteiger charge is 2.51. The summed E-state index contributed by atoms with van der Waals surface area (Å²) in [5, 5.41) is 0. The number of aliphatic imine (C=N–C) groups is 1. The molecule has 0 aromatic carbocycles. The summed E-state index contributed by atoms with van der Waals surface area (Å²) in [5.74, 6) is 3.65. The van der Waals surface area contributed by atoms with E-state index in [0.717, 1.165) is 17.8 Å². The van der Waals surface area contributed by atoms with Gasteiger partial charge in [0, 0.05) is 0 Å². The molecule has 0 amide bonds. The first-order chi connectivity index (χ1) is 8.69. The van der Waals surface area contributed by atoms with Crippen LogP contribution >= 0.6 is 24.0 Å². The highest BCUT2D eigenvalue weighted by atomic mass is 35.5.